The summed E-state index contributed by atoms with van der Waals surface area (Å²) in [5.41, 5.74) is 0.476. The number of hydrogen-bond acceptors (Lipinski definition) is 3. The summed E-state index contributed by atoms with van der Waals surface area (Å²) in [7, 11) is 0. The molecule has 0 aromatic heterocycles. The molecule has 1 aliphatic rings. The van der Waals surface area contributed by atoms with Gasteiger partial charge in [-0.2, -0.15) is 0 Å². The second-order valence-corrected chi connectivity index (χ2v) is 5.85. The zero-order valence-corrected chi connectivity index (χ0v) is 11.3. The summed E-state index contributed by atoms with van der Waals surface area (Å²) in [5.74, 6) is 0. The first kappa shape index (κ1) is 13.9. The minimum atomic E-state index is 0.182. The molecule has 0 aromatic rings. The lowest BCUT2D eigenvalue weighted by Gasteiger charge is -2.32. The summed E-state index contributed by atoms with van der Waals surface area (Å²) < 4.78 is 11.0. The van der Waals surface area contributed by atoms with Crippen LogP contribution < -0.4 is 5.32 Å². The van der Waals surface area contributed by atoms with Crippen LogP contribution in [0.15, 0.2) is 0 Å². The fourth-order valence-corrected chi connectivity index (χ4v) is 1.96. The van der Waals surface area contributed by atoms with Gasteiger partial charge in [0.25, 0.3) is 0 Å². The van der Waals surface area contributed by atoms with Gasteiger partial charge in [-0.25, -0.2) is 0 Å². The van der Waals surface area contributed by atoms with Crippen LogP contribution in [0.2, 0.25) is 0 Å². The predicted molar refractivity (Wildman–Crippen MR) is 66.7 cm³/mol. The Morgan fingerprint density at radius 2 is 2.12 bits per heavy atom. The van der Waals surface area contributed by atoms with Gasteiger partial charge in [-0.15, -0.1) is 0 Å². The Morgan fingerprint density at radius 1 is 1.38 bits per heavy atom. The molecule has 1 N–H and O–H groups in total. The number of ether oxygens (including phenoxy) is 2. The Bertz CT molecular complexity index is 193. The second kappa shape index (κ2) is 5.99. The molecule has 1 fully saturated rings. The predicted octanol–water partition coefficient (Wildman–Crippen LogP) is 2.21. The second-order valence-electron chi connectivity index (χ2n) is 5.85. The van der Waals surface area contributed by atoms with Gasteiger partial charge in [-0.3, -0.25) is 0 Å². The highest BCUT2D eigenvalue weighted by Crippen LogP contribution is 2.32. The Balaban J connectivity index is 2.39. The van der Waals surface area contributed by atoms with E-state index < -0.39 is 0 Å². The third-order valence-electron chi connectivity index (χ3n) is 3.16. The van der Waals surface area contributed by atoms with Gasteiger partial charge < -0.3 is 14.8 Å². The minimum absolute atomic E-state index is 0.182. The molecule has 96 valence electrons. The highest BCUT2D eigenvalue weighted by atomic mass is 16.5. The van der Waals surface area contributed by atoms with E-state index in [0.717, 1.165) is 45.8 Å². The summed E-state index contributed by atoms with van der Waals surface area (Å²) in [6, 6.07) is 0. The lowest BCUT2D eigenvalue weighted by Crippen LogP contribution is -2.44. The zero-order valence-electron chi connectivity index (χ0n) is 11.3. The molecule has 0 aliphatic carbocycles. The third-order valence-corrected chi connectivity index (χ3v) is 3.16. The van der Waals surface area contributed by atoms with E-state index in [-0.39, 0.29) is 5.54 Å². The lowest BCUT2D eigenvalue weighted by atomic mass is 9.83. The molecule has 0 amide bonds. The van der Waals surface area contributed by atoms with E-state index in [4.69, 9.17) is 9.47 Å². The molecule has 1 aliphatic heterocycles. The Kier molecular flexibility index (Phi) is 5.22. The molecular formula is C13H27NO2. The maximum absolute atomic E-state index is 5.56. The van der Waals surface area contributed by atoms with Gasteiger partial charge in [-0.1, -0.05) is 0 Å². The summed E-state index contributed by atoms with van der Waals surface area (Å²) >= 11 is 0. The summed E-state index contributed by atoms with van der Waals surface area (Å²) in [5, 5.41) is 3.60. The molecule has 0 spiro atoms. The van der Waals surface area contributed by atoms with Gasteiger partial charge in [0.1, 0.15) is 0 Å². The molecule has 1 unspecified atom stereocenters. The first-order valence-electron chi connectivity index (χ1n) is 6.38. The Hall–Kier alpha value is -0.120. The van der Waals surface area contributed by atoms with Gasteiger partial charge >= 0.3 is 0 Å². The summed E-state index contributed by atoms with van der Waals surface area (Å²) in [6.07, 6.45) is 2.26. The summed E-state index contributed by atoms with van der Waals surface area (Å²) in [6.45, 7) is 13.1. The van der Waals surface area contributed by atoms with Gasteiger partial charge in [0.2, 0.25) is 0 Å². The molecule has 16 heavy (non-hydrogen) atoms. The van der Waals surface area contributed by atoms with Crippen molar-refractivity contribution < 1.29 is 9.47 Å². The molecule has 1 saturated heterocycles. The molecule has 0 bridgehead atoms. The van der Waals surface area contributed by atoms with Gasteiger partial charge in [0.05, 0.1) is 6.61 Å². The van der Waals surface area contributed by atoms with Crippen molar-refractivity contribution in [3.63, 3.8) is 0 Å². The van der Waals surface area contributed by atoms with Gasteiger partial charge in [0.15, 0.2) is 0 Å². The Morgan fingerprint density at radius 3 is 2.62 bits per heavy atom. The highest BCUT2D eigenvalue weighted by Gasteiger charge is 2.35. The SMILES string of the molecule is CCOCCC1(CNC(C)(C)C)CCOC1. The van der Waals surface area contributed by atoms with Crippen LogP contribution in [-0.2, 0) is 9.47 Å². The average Bonchev–Trinajstić information content (AvgIpc) is 2.64. The number of nitrogens with one attached hydrogen (secondary N) is 1. The fourth-order valence-electron chi connectivity index (χ4n) is 1.96. The van der Waals surface area contributed by atoms with Crippen LogP contribution in [0.3, 0.4) is 0 Å². The van der Waals surface area contributed by atoms with E-state index in [9.17, 15) is 0 Å². The maximum Gasteiger partial charge on any atom is 0.0536 e. The maximum atomic E-state index is 5.56. The Labute approximate surface area is 99.9 Å². The van der Waals surface area contributed by atoms with E-state index in [1.165, 1.54) is 0 Å². The van der Waals surface area contributed by atoms with Crippen molar-refractivity contribution in [3.05, 3.63) is 0 Å². The molecule has 3 heteroatoms. The quantitative estimate of drug-likeness (QED) is 0.708. The molecule has 1 heterocycles. The van der Waals surface area contributed by atoms with Crippen molar-refractivity contribution in [2.75, 3.05) is 33.0 Å². The van der Waals surface area contributed by atoms with Crippen molar-refractivity contribution in [1.82, 2.24) is 5.32 Å². The molecule has 3 nitrogen and oxygen atoms in total. The summed E-state index contributed by atoms with van der Waals surface area (Å²) in [4.78, 5) is 0. The van der Waals surface area contributed by atoms with Crippen molar-refractivity contribution in [1.29, 1.82) is 0 Å². The minimum Gasteiger partial charge on any atom is -0.382 e. The molecule has 0 saturated carbocycles. The molecule has 1 rings (SSSR count). The van der Waals surface area contributed by atoms with Gasteiger partial charge in [0, 0.05) is 37.3 Å². The first-order chi connectivity index (χ1) is 7.47. The lowest BCUT2D eigenvalue weighted by molar-refractivity contribution is 0.0832. The van der Waals surface area contributed by atoms with Crippen LogP contribution in [0.5, 0.6) is 0 Å². The van der Waals surface area contributed by atoms with E-state index in [2.05, 4.69) is 26.1 Å². The zero-order chi connectivity index (χ0) is 12.1. The molecular weight excluding hydrogens is 202 g/mol. The van der Waals surface area contributed by atoms with E-state index in [1.54, 1.807) is 0 Å². The third kappa shape index (κ3) is 4.81. The number of hydrogen-bond donors (Lipinski definition) is 1. The number of rotatable bonds is 6. The van der Waals surface area contributed by atoms with Crippen molar-refractivity contribution in [3.8, 4) is 0 Å². The van der Waals surface area contributed by atoms with Crippen LogP contribution in [0.25, 0.3) is 0 Å². The monoisotopic (exact) mass is 229 g/mol. The normalized spacial score (nSPS) is 26.2. The average molecular weight is 229 g/mol. The van der Waals surface area contributed by atoms with Crippen molar-refractivity contribution in [2.24, 2.45) is 5.41 Å². The van der Waals surface area contributed by atoms with Crippen LogP contribution in [0.4, 0.5) is 0 Å². The first-order valence-corrected chi connectivity index (χ1v) is 6.38. The van der Waals surface area contributed by atoms with E-state index >= 15 is 0 Å². The van der Waals surface area contributed by atoms with E-state index in [1.807, 2.05) is 6.92 Å². The van der Waals surface area contributed by atoms with Crippen LogP contribution in [0.1, 0.15) is 40.5 Å². The molecule has 1 atom stereocenters. The van der Waals surface area contributed by atoms with Crippen LogP contribution in [-0.4, -0.2) is 38.5 Å². The largest absolute Gasteiger partial charge is 0.382 e. The van der Waals surface area contributed by atoms with Crippen LogP contribution in [0, 0.1) is 5.41 Å². The topological polar surface area (TPSA) is 30.5 Å². The van der Waals surface area contributed by atoms with Crippen molar-refractivity contribution in [2.45, 2.75) is 46.1 Å². The highest BCUT2D eigenvalue weighted by molar-refractivity contribution is 4.87. The van der Waals surface area contributed by atoms with Gasteiger partial charge in [-0.05, 0) is 40.5 Å². The standard InChI is InChI=1S/C13H27NO2/c1-5-15-8-6-13(7-9-16-11-13)10-14-12(2,3)4/h14H,5-11H2,1-4H3. The van der Waals surface area contributed by atoms with Crippen molar-refractivity contribution >= 4 is 0 Å². The van der Waals surface area contributed by atoms with Crippen LogP contribution >= 0.6 is 0 Å². The molecule has 0 radical (unpaired) electrons. The fraction of sp³-hybridized carbons (Fsp3) is 1.00. The molecule has 0 aromatic carbocycles. The van der Waals surface area contributed by atoms with E-state index in [0.29, 0.717) is 5.41 Å². The smallest absolute Gasteiger partial charge is 0.0536 e.